The first-order valence-corrected chi connectivity index (χ1v) is 10.9. The molecule has 28 heavy (non-hydrogen) atoms. The van der Waals surface area contributed by atoms with E-state index < -0.39 is 10.0 Å². The minimum absolute atomic E-state index is 0.0531. The van der Waals surface area contributed by atoms with Crippen LogP contribution in [-0.4, -0.2) is 46.1 Å². The molecule has 0 aliphatic carbocycles. The van der Waals surface area contributed by atoms with Crippen molar-refractivity contribution >= 4 is 45.0 Å². The zero-order valence-corrected chi connectivity index (χ0v) is 18.4. The van der Waals surface area contributed by atoms with Gasteiger partial charge in [0.25, 0.3) is 0 Å². The molecule has 8 heteroatoms. The molecule has 0 aliphatic heterocycles. The van der Waals surface area contributed by atoms with E-state index in [9.17, 15) is 8.42 Å². The largest absolute Gasteiger partial charge is 0.497 e. The van der Waals surface area contributed by atoms with Crippen molar-refractivity contribution in [1.82, 2.24) is 4.90 Å². The number of halogens is 1. The third-order valence-corrected chi connectivity index (χ3v) is 6.30. The fourth-order valence-corrected chi connectivity index (χ4v) is 3.93. The van der Waals surface area contributed by atoms with Crippen LogP contribution in [0.3, 0.4) is 0 Å². The van der Waals surface area contributed by atoms with Gasteiger partial charge < -0.3 is 9.64 Å². The van der Waals surface area contributed by atoms with Gasteiger partial charge in [-0.25, -0.2) is 17.7 Å². The Bertz CT molecular complexity index is 961. The van der Waals surface area contributed by atoms with Crippen LogP contribution >= 0.6 is 11.6 Å². The summed E-state index contributed by atoms with van der Waals surface area (Å²) in [5.41, 5.74) is 2.31. The molecule has 0 heterocycles. The number of hydrogen-bond donors (Lipinski definition) is 0. The molecule has 2 rings (SSSR count). The maximum Gasteiger partial charge on any atom is 0.239 e. The van der Waals surface area contributed by atoms with Crippen molar-refractivity contribution in [2.45, 2.75) is 20.8 Å². The quantitative estimate of drug-likeness (QED) is 0.453. The van der Waals surface area contributed by atoms with E-state index in [1.165, 1.54) is 4.31 Å². The van der Waals surface area contributed by atoms with Crippen molar-refractivity contribution in [3.8, 4) is 5.75 Å². The van der Waals surface area contributed by atoms with Gasteiger partial charge in [0.1, 0.15) is 5.75 Å². The maximum absolute atomic E-state index is 12.9. The van der Waals surface area contributed by atoms with Crippen LogP contribution in [0.15, 0.2) is 41.4 Å². The van der Waals surface area contributed by atoms with Gasteiger partial charge in [-0.15, -0.1) is 0 Å². The summed E-state index contributed by atoms with van der Waals surface area (Å²) >= 11 is 6.43. The van der Waals surface area contributed by atoms with Crippen LogP contribution in [0, 0.1) is 6.92 Å². The smallest absolute Gasteiger partial charge is 0.239 e. The number of ether oxygens (including phenoxy) is 1. The molecule has 0 bridgehead atoms. The topological polar surface area (TPSA) is 62.2 Å². The summed E-state index contributed by atoms with van der Waals surface area (Å²) in [6.45, 7) is 6.28. The predicted octanol–water partition coefficient (Wildman–Crippen LogP) is 4.76. The predicted molar refractivity (Wildman–Crippen MR) is 117 cm³/mol. The van der Waals surface area contributed by atoms with Crippen LogP contribution in [0.4, 0.5) is 17.1 Å². The molecule has 0 saturated carbocycles. The molecule has 0 spiro atoms. The Kier molecular flexibility index (Phi) is 7.32. The molecule has 0 unspecified atom stereocenters. The highest BCUT2D eigenvalue weighted by atomic mass is 35.5. The number of benzene rings is 2. The van der Waals surface area contributed by atoms with Gasteiger partial charge in [-0.1, -0.05) is 17.7 Å². The van der Waals surface area contributed by atoms with E-state index in [1.54, 1.807) is 56.8 Å². The van der Waals surface area contributed by atoms with Gasteiger partial charge in [0.15, 0.2) is 0 Å². The number of anilines is 2. The molecule has 0 atom stereocenters. The van der Waals surface area contributed by atoms with Crippen LogP contribution < -0.4 is 9.04 Å². The van der Waals surface area contributed by atoms with E-state index >= 15 is 0 Å². The Labute approximate surface area is 172 Å². The molecule has 2 aromatic rings. The third kappa shape index (κ3) is 4.97. The van der Waals surface area contributed by atoms with Crippen molar-refractivity contribution in [2.75, 3.05) is 30.8 Å². The first-order chi connectivity index (χ1) is 13.2. The van der Waals surface area contributed by atoms with Crippen molar-refractivity contribution in [3.05, 3.63) is 47.0 Å². The normalized spacial score (nSPS) is 11.6. The zero-order chi connectivity index (χ0) is 20.9. The molecule has 0 amide bonds. The molecule has 0 aliphatic rings. The fourth-order valence-electron chi connectivity index (χ4n) is 2.53. The van der Waals surface area contributed by atoms with Gasteiger partial charge in [0, 0.05) is 19.7 Å². The zero-order valence-electron chi connectivity index (χ0n) is 16.8. The van der Waals surface area contributed by atoms with E-state index in [0.29, 0.717) is 27.8 Å². The molecule has 0 fully saturated rings. The van der Waals surface area contributed by atoms with Gasteiger partial charge >= 0.3 is 0 Å². The summed E-state index contributed by atoms with van der Waals surface area (Å²) in [5, 5.41) is 0.376. The first kappa shape index (κ1) is 22.0. The third-order valence-electron chi connectivity index (χ3n) is 4.31. The molecule has 152 valence electrons. The van der Waals surface area contributed by atoms with Crippen LogP contribution in [0.5, 0.6) is 5.75 Å². The molecule has 6 nitrogen and oxygen atoms in total. The Morgan fingerprint density at radius 1 is 1.21 bits per heavy atom. The highest BCUT2D eigenvalue weighted by molar-refractivity contribution is 7.93. The van der Waals surface area contributed by atoms with E-state index in [-0.39, 0.29) is 5.75 Å². The molecule has 0 N–H and O–H groups in total. The van der Waals surface area contributed by atoms with Gasteiger partial charge in [-0.05, 0) is 50.6 Å². The molecule has 0 radical (unpaired) electrons. The van der Waals surface area contributed by atoms with Gasteiger partial charge in [-0.3, -0.25) is 0 Å². The fraction of sp³-hybridized carbons (Fsp3) is 0.350. The van der Waals surface area contributed by atoms with Gasteiger partial charge in [0.05, 0.1) is 41.3 Å². The second-order valence-corrected chi connectivity index (χ2v) is 8.79. The summed E-state index contributed by atoms with van der Waals surface area (Å²) in [5.74, 6) is 0.518. The number of aryl methyl sites for hydroxylation is 1. The Hall–Kier alpha value is -2.25. The van der Waals surface area contributed by atoms with E-state index in [2.05, 4.69) is 4.99 Å². The average Bonchev–Trinajstić information content (AvgIpc) is 2.69. The van der Waals surface area contributed by atoms with E-state index in [0.717, 1.165) is 12.1 Å². The number of methoxy groups -OCH3 is 1. The molecule has 2 aromatic carbocycles. The second-order valence-electron chi connectivity index (χ2n) is 6.27. The lowest BCUT2D eigenvalue weighted by Gasteiger charge is -2.26. The summed E-state index contributed by atoms with van der Waals surface area (Å²) in [6.07, 6.45) is 1.70. The van der Waals surface area contributed by atoms with Gasteiger partial charge in [0.2, 0.25) is 10.0 Å². The standard InChI is InChI=1S/C20H26ClN3O3S/c1-6-23(4)14-22-19-11-15(3)20(13-18(19)21)24(28(25,26)7-2)16-9-8-10-17(12-16)27-5/h8-14H,6-7H2,1-5H3. The van der Waals surface area contributed by atoms with Crippen molar-refractivity contribution in [3.63, 3.8) is 0 Å². The average molecular weight is 424 g/mol. The molecular weight excluding hydrogens is 398 g/mol. The minimum Gasteiger partial charge on any atom is -0.497 e. The van der Waals surface area contributed by atoms with Crippen LogP contribution in [-0.2, 0) is 10.0 Å². The van der Waals surface area contributed by atoms with Crippen molar-refractivity contribution < 1.29 is 13.2 Å². The Morgan fingerprint density at radius 3 is 2.54 bits per heavy atom. The van der Waals surface area contributed by atoms with Crippen molar-refractivity contribution in [2.24, 2.45) is 4.99 Å². The van der Waals surface area contributed by atoms with E-state index in [1.807, 2.05) is 25.8 Å². The van der Waals surface area contributed by atoms with Crippen molar-refractivity contribution in [1.29, 1.82) is 0 Å². The number of rotatable bonds is 8. The number of aliphatic imine (C=N–C) groups is 1. The van der Waals surface area contributed by atoms with Crippen LogP contribution in [0.1, 0.15) is 19.4 Å². The highest BCUT2D eigenvalue weighted by Crippen LogP contribution is 2.38. The number of sulfonamides is 1. The number of hydrogen-bond acceptors (Lipinski definition) is 4. The SMILES string of the molecule is CCN(C)C=Nc1cc(C)c(N(c2cccc(OC)c2)S(=O)(=O)CC)cc1Cl. The Morgan fingerprint density at radius 2 is 1.93 bits per heavy atom. The molecule has 0 saturated heterocycles. The molecular formula is C20H26ClN3O3S. The van der Waals surface area contributed by atoms with Gasteiger partial charge in [-0.2, -0.15) is 0 Å². The second kappa shape index (κ2) is 9.30. The maximum atomic E-state index is 12.9. The summed E-state index contributed by atoms with van der Waals surface area (Å²) in [4.78, 5) is 6.32. The summed E-state index contributed by atoms with van der Waals surface area (Å²) in [7, 11) is -0.145. The summed E-state index contributed by atoms with van der Waals surface area (Å²) in [6, 6.07) is 10.4. The van der Waals surface area contributed by atoms with Crippen LogP contribution in [0.2, 0.25) is 5.02 Å². The Balaban J connectivity index is 2.61. The lowest BCUT2D eigenvalue weighted by molar-refractivity contribution is 0.415. The van der Waals surface area contributed by atoms with E-state index in [4.69, 9.17) is 16.3 Å². The van der Waals surface area contributed by atoms with Crippen LogP contribution in [0.25, 0.3) is 0 Å². The lowest BCUT2D eigenvalue weighted by Crippen LogP contribution is -2.28. The number of nitrogens with zero attached hydrogens (tertiary/aromatic N) is 3. The highest BCUT2D eigenvalue weighted by Gasteiger charge is 2.25. The molecule has 0 aromatic heterocycles. The first-order valence-electron chi connectivity index (χ1n) is 8.95. The lowest BCUT2D eigenvalue weighted by atomic mass is 10.1. The minimum atomic E-state index is -3.60. The monoisotopic (exact) mass is 423 g/mol. The summed E-state index contributed by atoms with van der Waals surface area (Å²) < 4.78 is 32.4.